The fourth-order valence-corrected chi connectivity index (χ4v) is 2.27. The first kappa shape index (κ1) is 15.8. The molecule has 1 aromatic heterocycles. The third-order valence-electron chi connectivity index (χ3n) is 3.05. The van der Waals surface area contributed by atoms with Gasteiger partial charge in [-0.3, -0.25) is 4.68 Å². The summed E-state index contributed by atoms with van der Waals surface area (Å²) < 4.78 is 38.3. The van der Waals surface area contributed by atoms with E-state index in [0.717, 1.165) is 25.7 Å². The van der Waals surface area contributed by atoms with Crippen LogP contribution >= 0.6 is 0 Å². The minimum absolute atomic E-state index is 0. The predicted octanol–water partition coefficient (Wildman–Crippen LogP) is 0.321. The van der Waals surface area contributed by atoms with Crippen LogP contribution in [0, 0.1) is 0 Å². The summed E-state index contributed by atoms with van der Waals surface area (Å²) in [5.41, 5.74) is 0.151. The molecule has 1 aromatic rings. The molecule has 0 aliphatic heterocycles. The monoisotopic (exact) mass is 270 g/mol. The quantitative estimate of drug-likeness (QED) is 0.723. The van der Waals surface area contributed by atoms with E-state index < -0.39 is 13.3 Å². The second kappa shape index (κ2) is 6.75. The molecule has 7 heteroatoms. The molecule has 0 amide bonds. The van der Waals surface area contributed by atoms with Crippen LogP contribution in [0.4, 0.5) is 12.9 Å². The summed E-state index contributed by atoms with van der Waals surface area (Å²) in [4.78, 5) is 0. The summed E-state index contributed by atoms with van der Waals surface area (Å²) in [6.07, 6.45) is 6.45. The zero-order chi connectivity index (χ0) is 11.6. The topological polar surface area (TPSA) is 17.8 Å². The van der Waals surface area contributed by atoms with Gasteiger partial charge in [0.2, 0.25) is 0 Å². The van der Waals surface area contributed by atoms with Crippen LogP contribution in [0.5, 0.6) is 0 Å². The molecule has 1 saturated carbocycles. The Kier molecular flexibility index (Phi) is 6.26. The van der Waals surface area contributed by atoms with Crippen LogP contribution in [0.1, 0.15) is 43.8 Å². The summed E-state index contributed by atoms with van der Waals surface area (Å²) >= 11 is 0. The second-order valence-electron chi connectivity index (χ2n) is 4.49. The van der Waals surface area contributed by atoms with Crippen LogP contribution in [-0.4, -0.2) is 16.8 Å². The van der Waals surface area contributed by atoms with E-state index in [-0.39, 0.29) is 57.1 Å². The van der Waals surface area contributed by atoms with Gasteiger partial charge < -0.3 is 12.9 Å². The third kappa shape index (κ3) is 5.06. The first-order valence-electron chi connectivity index (χ1n) is 5.79. The fraction of sp³-hybridized carbons (Fsp3) is 0.700. The number of halogens is 3. The Morgan fingerprint density at radius 1 is 1.24 bits per heavy atom. The molecular formula is C10H15BF3KN2. The molecule has 0 spiro atoms. The van der Waals surface area contributed by atoms with Crippen molar-refractivity contribution in [2.75, 3.05) is 0 Å². The minimum atomic E-state index is -4.77. The van der Waals surface area contributed by atoms with Gasteiger partial charge in [-0.05, 0) is 25.2 Å². The van der Waals surface area contributed by atoms with E-state index in [2.05, 4.69) is 5.10 Å². The van der Waals surface area contributed by atoms with Crippen LogP contribution in [0.15, 0.2) is 12.3 Å². The van der Waals surface area contributed by atoms with E-state index >= 15 is 0 Å². The van der Waals surface area contributed by atoms with Gasteiger partial charge in [-0.15, -0.1) is 0 Å². The molecule has 2 rings (SSSR count). The van der Waals surface area contributed by atoms with Gasteiger partial charge >= 0.3 is 58.4 Å². The summed E-state index contributed by atoms with van der Waals surface area (Å²) in [5.74, 6) is 0. The summed E-state index contributed by atoms with van der Waals surface area (Å²) in [6, 6.07) is 1.80. The Balaban J connectivity index is 0.00000144. The first-order valence-corrected chi connectivity index (χ1v) is 5.79. The largest absolute Gasteiger partial charge is 1.00 e. The maximum Gasteiger partial charge on any atom is 1.00 e. The summed E-state index contributed by atoms with van der Waals surface area (Å²) in [7, 11) is 0. The van der Waals surface area contributed by atoms with E-state index in [4.69, 9.17) is 0 Å². The van der Waals surface area contributed by atoms with Crippen molar-refractivity contribution in [3.63, 3.8) is 0 Å². The van der Waals surface area contributed by atoms with Gasteiger partial charge in [0.15, 0.2) is 0 Å². The average molecular weight is 270 g/mol. The zero-order valence-electron chi connectivity index (χ0n) is 10.1. The smallest absolute Gasteiger partial charge is 0.449 e. The Morgan fingerprint density at radius 2 is 1.88 bits per heavy atom. The van der Waals surface area contributed by atoms with E-state index in [9.17, 15) is 12.9 Å². The molecule has 0 aromatic carbocycles. The Hall–Kier alpha value is 0.701. The Morgan fingerprint density at radius 3 is 2.47 bits per heavy atom. The molecule has 0 bridgehead atoms. The molecule has 2 nitrogen and oxygen atoms in total. The summed E-state index contributed by atoms with van der Waals surface area (Å²) in [5, 5.41) is 4.03. The van der Waals surface area contributed by atoms with Gasteiger partial charge in [-0.1, -0.05) is 19.3 Å². The molecule has 0 radical (unpaired) electrons. The van der Waals surface area contributed by atoms with Crippen LogP contribution < -0.4 is 51.4 Å². The molecule has 0 atom stereocenters. The standard InChI is InChI=1S/C10H15BF3N2.K/c12-11(13,14)8-9-6-7-16(15-9)10-4-2-1-3-5-10;/h6-7,10H,1-5,8H2;/q-1;+1. The maximum atomic E-state index is 12.2. The number of nitrogens with zero attached hydrogens (tertiary/aromatic N) is 2. The molecule has 17 heavy (non-hydrogen) atoms. The van der Waals surface area contributed by atoms with Gasteiger partial charge in [0.1, 0.15) is 0 Å². The van der Waals surface area contributed by atoms with Gasteiger partial charge in [0.05, 0.1) is 6.04 Å². The fourth-order valence-electron chi connectivity index (χ4n) is 2.27. The molecule has 90 valence electrons. The normalized spacial score (nSPS) is 17.8. The van der Waals surface area contributed by atoms with E-state index in [1.165, 1.54) is 12.5 Å². The molecule has 0 saturated heterocycles. The molecule has 1 heterocycles. The van der Waals surface area contributed by atoms with Crippen molar-refractivity contribution in [3.05, 3.63) is 18.0 Å². The van der Waals surface area contributed by atoms with Gasteiger partial charge in [-0.2, -0.15) is 5.10 Å². The van der Waals surface area contributed by atoms with Crippen molar-refractivity contribution >= 4 is 6.98 Å². The Bertz CT molecular complexity index is 348. The van der Waals surface area contributed by atoms with Crippen LogP contribution in [-0.2, 0) is 6.32 Å². The number of hydrogen-bond donors (Lipinski definition) is 0. The van der Waals surface area contributed by atoms with Crippen molar-refractivity contribution in [3.8, 4) is 0 Å². The number of rotatable bonds is 3. The Labute approximate surface area is 142 Å². The predicted molar refractivity (Wildman–Crippen MR) is 57.1 cm³/mol. The maximum absolute atomic E-state index is 12.2. The van der Waals surface area contributed by atoms with Crippen molar-refractivity contribution < 1.29 is 64.3 Å². The van der Waals surface area contributed by atoms with Gasteiger partial charge in [0, 0.05) is 11.9 Å². The molecule has 1 fully saturated rings. The third-order valence-corrected chi connectivity index (χ3v) is 3.05. The number of aromatic nitrogens is 2. The van der Waals surface area contributed by atoms with Gasteiger partial charge in [-0.25, -0.2) is 0 Å². The van der Waals surface area contributed by atoms with Gasteiger partial charge in [0.25, 0.3) is 0 Å². The number of hydrogen-bond acceptors (Lipinski definition) is 1. The zero-order valence-corrected chi connectivity index (χ0v) is 13.2. The SMILES string of the molecule is F[B-](F)(F)Cc1ccn(C2CCCCC2)n1.[K+]. The van der Waals surface area contributed by atoms with Crippen molar-refractivity contribution in [1.82, 2.24) is 9.78 Å². The van der Waals surface area contributed by atoms with Crippen molar-refractivity contribution in [1.29, 1.82) is 0 Å². The summed E-state index contributed by atoms with van der Waals surface area (Å²) in [6.45, 7) is -4.77. The minimum Gasteiger partial charge on any atom is -0.449 e. The van der Waals surface area contributed by atoms with Crippen molar-refractivity contribution in [2.24, 2.45) is 0 Å². The van der Waals surface area contributed by atoms with E-state index in [1.807, 2.05) is 0 Å². The van der Waals surface area contributed by atoms with E-state index in [1.54, 1.807) is 10.9 Å². The average Bonchev–Trinajstić information content (AvgIpc) is 2.65. The molecule has 0 unspecified atom stereocenters. The molecule has 1 aliphatic rings. The van der Waals surface area contributed by atoms with Crippen LogP contribution in [0.2, 0.25) is 0 Å². The van der Waals surface area contributed by atoms with E-state index in [0.29, 0.717) is 6.04 Å². The molecular weight excluding hydrogens is 255 g/mol. The van der Waals surface area contributed by atoms with Crippen LogP contribution in [0.3, 0.4) is 0 Å². The molecule has 0 N–H and O–H groups in total. The van der Waals surface area contributed by atoms with Crippen molar-refractivity contribution in [2.45, 2.75) is 44.5 Å². The van der Waals surface area contributed by atoms with Crippen LogP contribution in [0.25, 0.3) is 0 Å². The molecule has 1 aliphatic carbocycles. The second-order valence-corrected chi connectivity index (χ2v) is 4.49. The first-order chi connectivity index (χ1) is 7.54.